The number of carboxylic acids is 2. The molecule has 23 heavy (non-hydrogen) atoms. The van der Waals surface area contributed by atoms with Gasteiger partial charge in [0, 0.05) is 0 Å². The second-order valence-electron chi connectivity index (χ2n) is 4.95. The van der Waals surface area contributed by atoms with Crippen molar-refractivity contribution in [3.8, 4) is 5.75 Å². The molecule has 2 aromatic carbocycles. The van der Waals surface area contributed by atoms with E-state index in [4.69, 9.17) is 14.9 Å². The Morgan fingerprint density at radius 1 is 0.870 bits per heavy atom. The number of aryl methyl sites for hydroxylation is 1. The summed E-state index contributed by atoms with van der Waals surface area (Å²) in [5.41, 5.74) is 1.24. The van der Waals surface area contributed by atoms with Crippen molar-refractivity contribution in [3.63, 3.8) is 0 Å². The number of hydrogen-bond acceptors (Lipinski definition) is 4. The summed E-state index contributed by atoms with van der Waals surface area (Å²) in [6.45, 7) is 3.64. The first-order valence-corrected chi connectivity index (χ1v) is 6.70. The quantitative estimate of drug-likeness (QED) is 0.664. The summed E-state index contributed by atoms with van der Waals surface area (Å²) in [4.78, 5) is 34.3. The van der Waals surface area contributed by atoms with Gasteiger partial charge in [-0.1, -0.05) is 12.1 Å². The highest BCUT2D eigenvalue weighted by Gasteiger charge is 2.19. The summed E-state index contributed by atoms with van der Waals surface area (Å²) in [6, 6.07) is 8.55. The Morgan fingerprint density at radius 3 is 2.13 bits per heavy atom. The van der Waals surface area contributed by atoms with Gasteiger partial charge in [0.15, 0.2) is 0 Å². The van der Waals surface area contributed by atoms with Crippen molar-refractivity contribution >= 4 is 17.9 Å². The Morgan fingerprint density at radius 2 is 1.52 bits per heavy atom. The standard InChI is InChI=1S/C17H14O6/c1-9-4-3-5-12(10(9)2)17(22)23-11-6-7-13(15(18)19)14(8-11)16(20)21/h3-8H,1-2H3,(H,18,19)(H,20,21). The molecule has 0 unspecified atom stereocenters. The second-order valence-corrected chi connectivity index (χ2v) is 4.95. The van der Waals surface area contributed by atoms with Gasteiger partial charge in [-0.15, -0.1) is 0 Å². The van der Waals surface area contributed by atoms with Crippen LogP contribution in [0, 0.1) is 13.8 Å². The number of rotatable bonds is 4. The normalized spacial score (nSPS) is 10.2. The first-order valence-electron chi connectivity index (χ1n) is 6.70. The lowest BCUT2D eigenvalue weighted by atomic mass is 10.0. The fourth-order valence-electron chi connectivity index (χ4n) is 2.08. The molecule has 0 aliphatic carbocycles. The highest BCUT2D eigenvalue weighted by atomic mass is 16.5. The zero-order valence-corrected chi connectivity index (χ0v) is 12.5. The van der Waals surface area contributed by atoms with E-state index in [1.165, 1.54) is 6.07 Å². The number of esters is 1. The summed E-state index contributed by atoms with van der Waals surface area (Å²) >= 11 is 0. The molecule has 2 aromatic rings. The average Bonchev–Trinajstić information content (AvgIpc) is 2.49. The van der Waals surface area contributed by atoms with Crippen LogP contribution in [0.4, 0.5) is 0 Å². The average molecular weight is 314 g/mol. The maximum Gasteiger partial charge on any atom is 0.343 e. The lowest BCUT2D eigenvalue weighted by molar-refractivity contribution is 0.0650. The fraction of sp³-hybridized carbons (Fsp3) is 0.118. The number of carbonyl (C=O) groups excluding carboxylic acids is 1. The van der Waals surface area contributed by atoms with Crippen LogP contribution in [-0.4, -0.2) is 28.1 Å². The van der Waals surface area contributed by atoms with Crippen molar-refractivity contribution in [2.45, 2.75) is 13.8 Å². The summed E-state index contributed by atoms with van der Waals surface area (Å²) in [5, 5.41) is 18.0. The molecular formula is C17H14O6. The van der Waals surface area contributed by atoms with Gasteiger partial charge in [0.05, 0.1) is 16.7 Å². The highest BCUT2D eigenvalue weighted by molar-refractivity contribution is 6.02. The number of aromatic carboxylic acids is 2. The minimum Gasteiger partial charge on any atom is -0.478 e. The van der Waals surface area contributed by atoms with Gasteiger partial charge in [0.2, 0.25) is 0 Å². The van der Waals surface area contributed by atoms with Crippen LogP contribution < -0.4 is 4.74 Å². The minimum atomic E-state index is -1.41. The van der Waals surface area contributed by atoms with Crippen LogP contribution in [0.15, 0.2) is 36.4 Å². The van der Waals surface area contributed by atoms with Crippen molar-refractivity contribution in [1.29, 1.82) is 0 Å². The summed E-state index contributed by atoms with van der Waals surface area (Å²) in [7, 11) is 0. The summed E-state index contributed by atoms with van der Waals surface area (Å²) < 4.78 is 5.17. The predicted molar refractivity (Wildman–Crippen MR) is 81.2 cm³/mol. The zero-order chi connectivity index (χ0) is 17.1. The lowest BCUT2D eigenvalue weighted by Gasteiger charge is -2.10. The Bertz CT molecular complexity index is 807. The van der Waals surface area contributed by atoms with Crippen LogP contribution in [0.3, 0.4) is 0 Å². The molecular weight excluding hydrogens is 300 g/mol. The van der Waals surface area contributed by atoms with Crippen molar-refractivity contribution in [3.05, 3.63) is 64.2 Å². The molecule has 0 amide bonds. The topological polar surface area (TPSA) is 101 Å². The van der Waals surface area contributed by atoms with Gasteiger partial charge >= 0.3 is 17.9 Å². The van der Waals surface area contributed by atoms with E-state index >= 15 is 0 Å². The number of hydrogen-bond donors (Lipinski definition) is 2. The third-order valence-corrected chi connectivity index (χ3v) is 3.49. The molecule has 0 fully saturated rings. The fourth-order valence-corrected chi connectivity index (χ4v) is 2.08. The first kappa shape index (κ1) is 16.2. The maximum atomic E-state index is 12.2. The lowest BCUT2D eigenvalue weighted by Crippen LogP contribution is -2.13. The molecule has 2 N–H and O–H groups in total. The van der Waals surface area contributed by atoms with Gasteiger partial charge in [-0.25, -0.2) is 14.4 Å². The molecule has 6 nitrogen and oxygen atoms in total. The number of carboxylic acid groups (broad SMARTS) is 2. The Balaban J connectivity index is 2.35. The van der Waals surface area contributed by atoms with Crippen LogP contribution in [-0.2, 0) is 0 Å². The van der Waals surface area contributed by atoms with E-state index < -0.39 is 23.5 Å². The molecule has 2 rings (SSSR count). The SMILES string of the molecule is Cc1cccc(C(=O)Oc2ccc(C(=O)O)c(C(=O)O)c2)c1C. The maximum absolute atomic E-state index is 12.2. The van der Waals surface area contributed by atoms with E-state index in [1.807, 2.05) is 13.0 Å². The smallest absolute Gasteiger partial charge is 0.343 e. The van der Waals surface area contributed by atoms with Crippen LogP contribution in [0.5, 0.6) is 5.75 Å². The molecule has 0 saturated carbocycles. The third-order valence-electron chi connectivity index (χ3n) is 3.49. The van der Waals surface area contributed by atoms with Crippen LogP contribution in [0.1, 0.15) is 42.2 Å². The molecule has 0 aliphatic rings. The van der Waals surface area contributed by atoms with Gasteiger partial charge in [-0.05, 0) is 49.2 Å². The van der Waals surface area contributed by atoms with Gasteiger partial charge in [-0.3, -0.25) is 0 Å². The zero-order valence-electron chi connectivity index (χ0n) is 12.5. The molecule has 0 aromatic heterocycles. The highest BCUT2D eigenvalue weighted by Crippen LogP contribution is 2.21. The van der Waals surface area contributed by atoms with E-state index in [9.17, 15) is 14.4 Å². The molecule has 0 heterocycles. The third kappa shape index (κ3) is 3.37. The van der Waals surface area contributed by atoms with Crippen molar-refractivity contribution < 1.29 is 29.3 Å². The van der Waals surface area contributed by atoms with Gasteiger partial charge in [-0.2, -0.15) is 0 Å². The number of carbonyl (C=O) groups is 3. The molecule has 0 spiro atoms. The Hall–Kier alpha value is -3.15. The van der Waals surface area contributed by atoms with E-state index in [0.717, 1.165) is 23.3 Å². The molecule has 0 saturated heterocycles. The monoisotopic (exact) mass is 314 g/mol. The van der Waals surface area contributed by atoms with Gasteiger partial charge in [0.1, 0.15) is 5.75 Å². The number of benzene rings is 2. The Kier molecular flexibility index (Phi) is 4.45. The Labute approximate surface area is 131 Å². The van der Waals surface area contributed by atoms with Crippen molar-refractivity contribution in [2.24, 2.45) is 0 Å². The molecule has 118 valence electrons. The minimum absolute atomic E-state index is 0.0293. The summed E-state index contributed by atoms with van der Waals surface area (Å²) in [6.07, 6.45) is 0. The summed E-state index contributed by atoms with van der Waals surface area (Å²) in [5.74, 6) is -3.44. The molecule has 0 aliphatic heterocycles. The van der Waals surface area contributed by atoms with E-state index in [0.29, 0.717) is 5.56 Å². The number of ether oxygens (including phenoxy) is 1. The van der Waals surface area contributed by atoms with Crippen molar-refractivity contribution in [2.75, 3.05) is 0 Å². The molecule has 0 bridgehead atoms. The second kappa shape index (κ2) is 6.31. The first-order chi connectivity index (χ1) is 10.8. The van der Waals surface area contributed by atoms with E-state index in [-0.39, 0.29) is 11.3 Å². The predicted octanol–water partition coefficient (Wildman–Crippen LogP) is 2.92. The van der Waals surface area contributed by atoms with Crippen LogP contribution in [0.25, 0.3) is 0 Å². The molecule has 0 atom stereocenters. The van der Waals surface area contributed by atoms with Crippen LogP contribution in [0.2, 0.25) is 0 Å². The van der Waals surface area contributed by atoms with Gasteiger partial charge in [0.25, 0.3) is 0 Å². The van der Waals surface area contributed by atoms with E-state index in [1.54, 1.807) is 19.1 Å². The molecule has 0 radical (unpaired) electrons. The van der Waals surface area contributed by atoms with Crippen molar-refractivity contribution in [1.82, 2.24) is 0 Å². The largest absolute Gasteiger partial charge is 0.478 e. The molecule has 6 heteroatoms. The van der Waals surface area contributed by atoms with E-state index in [2.05, 4.69) is 0 Å². The van der Waals surface area contributed by atoms with Crippen LogP contribution >= 0.6 is 0 Å². The van der Waals surface area contributed by atoms with Gasteiger partial charge < -0.3 is 14.9 Å².